The second kappa shape index (κ2) is 10.2. The Morgan fingerprint density at radius 2 is 1.97 bits per heavy atom. The first-order valence-electron chi connectivity index (χ1n) is 9.85. The van der Waals surface area contributed by atoms with Crippen molar-refractivity contribution in [2.45, 2.75) is 20.5 Å². The van der Waals surface area contributed by atoms with Gasteiger partial charge in [-0.1, -0.05) is 37.1 Å². The lowest BCUT2D eigenvalue weighted by Crippen LogP contribution is -2.12. The van der Waals surface area contributed by atoms with Gasteiger partial charge in [0.1, 0.15) is 24.0 Å². The minimum atomic E-state index is -0.286. The minimum Gasteiger partial charge on any atom is -0.487 e. The summed E-state index contributed by atoms with van der Waals surface area (Å²) < 4.78 is 22.5. The van der Waals surface area contributed by atoms with Crippen LogP contribution in [0.25, 0.3) is 0 Å². The summed E-state index contributed by atoms with van der Waals surface area (Å²) in [5.41, 5.74) is 10.9. The predicted molar refractivity (Wildman–Crippen MR) is 128 cm³/mol. The van der Waals surface area contributed by atoms with Crippen LogP contribution in [0.15, 0.2) is 48.7 Å². The fourth-order valence-corrected chi connectivity index (χ4v) is 3.58. The van der Waals surface area contributed by atoms with Crippen LogP contribution in [0.2, 0.25) is 0 Å². The number of anilines is 3. The molecule has 3 rings (SSSR count). The average Bonchev–Trinajstić information content (AvgIpc) is 2.78. The smallest absolute Gasteiger partial charge is 0.144 e. The molecule has 0 saturated heterocycles. The molecule has 0 atom stereocenters. The molecule has 1 heterocycles. The molecule has 31 heavy (non-hydrogen) atoms. The SMILES string of the molecule is CCSNc1ccc(C(=N)c2c(N)ncc(C)c2NC)cc1OCc1ccc(F)cc1. The molecule has 6 nitrogen and oxygen atoms in total. The highest BCUT2D eigenvalue weighted by molar-refractivity contribution is 8.00. The second-order valence-corrected chi connectivity index (χ2v) is 7.93. The standard InChI is InChI=1S/C23H26FN5OS/c1-4-31-29-18-10-7-16(11-19(18)30-13-15-5-8-17(24)9-6-15)21(25)20-22(27-3)14(2)12-28-23(20)26/h5-12,25,29H,4,13H2,1-3H3,(H3,26,27,28). The molecule has 162 valence electrons. The monoisotopic (exact) mass is 439 g/mol. The largest absolute Gasteiger partial charge is 0.487 e. The van der Waals surface area contributed by atoms with Crippen LogP contribution < -0.4 is 20.5 Å². The van der Waals surface area contributed by atoms with Crippen molar-refractivity contribution in [2.75, 3.05) is 28.6 Å². The first-order chi connectivity index (χ1) is 14.9. The number of nitrogens with two attached hydrogens (primary N) is 1. The molecule has 0 aliphatic heterocycles. The maximum Gasteiger partial charge on any atom is 0.144 e. The molecule has 0 spiro atoms. The average molecular weight is 440 g/mol. The second-order valence-electron chi connectivity index (χ2n) is 6.86. The van der Waals surface area contributed by atoms with Gasteiger partial charge in [0.15, 0.2) is 0 Å². The van der Waals surface area contributed by atoms with Gasteiger partial charge in [-0.05, 0) is 42.3 Å². The molecule has 0 saturated carbocycles. The number of aryl methyl sites for hydroxylation is 1. The summed E-state index contributed by atoms with van der Waals surface area (Å²) in [6.07, 6.45) is 1.68. The Bertz CT molecular complexity index is 1070. The zero-order valence-electron chi connectivity index (χ0n) is 17.8. The summed E-state index contributed by atoms with van der Waals surface area (Å²) in [4.78, 5) is 4.22. The minimum absolute atomic E-state index is 0.249. The number of hydrogen-bond acceptors (Lipinski definition) is 7. The van der Waals surface area contributed by atoms with Gasteiger partial charge in [-0.15, -0.1) is 0 Å². The van der Waals surface area contributed by atoms with Gasteiger partial charge >= 0.3 is 0 Å². The van der Waals surface area contributed by atoms with Crippen LogP contribution in [0, 0.1) is 18.2 Å². The van der Waals surface area contributed by atoms with Crippen LogP contribution in [0.3, 0.4) is 0 Å². The third kappa shape index (κ3) is 5.27. The number of aromatic nitrogens is 1. The van der Waals surface area contributed by atoms with E-state index in [1.54, 1.807) is 37.3 Å². The molecule has 0 radical (unpaired) electrons. The van der Waals surface area contributed by atoms with E-state index in [2.05, 4.69) is 15.0 Å². The summed E-state index contributed by atoms with van der Waals surface area (Å²) in [5.74, 6) is 1.48. The fourth-order valence-electron chi connectivity index (χ4n) is 3.11. The summed E-state index contributed by atoms with van der Waals surface area (Å²) in [6, 6.07) is 11.7. The van der Waals surface area contributed by atoms with Gasteiger partial charge in [-0.2, -0.15) is 0 Å². The fraction of sp³-hybridized carbons (Fsp3) is 0.217. The molecule has 2 aromatic carbocycles. The van der Waals surface area contributed by atoms with Crippen LogP contribution in [0.1, 0.15) is 29.2 Å². The van der Waals surface area contributed by atoms with E-state index in [-0.39, 0.29) is 24.0 Å². The number of benzene rings is 2. The Balaban J connectivity index is 1.94. The summed E-state index contributed by atoms with van der Waals surface area (Å²) in [7, 11) is 1.80. The molecule has 5 N–H and O–H groups in total. The van der Waals surface area contributed by atoms with Crippen molar-refractivity contribution >= 4 is 34.9 Å². The number of nitrogens with one attached hydrogen (secondary N) is 3. The number of rotatable bonds is 9. The van der Waals surface area contributed by atoms with Crippen molar-refractivity contribution in [3.8, 4) is 5.75 Å². The van der Waals surface area contributed by atoms with E-state index in [9.17, 15) is 4.39 Å². The summed E-state index contributed by atoms with van der Waals surface area (Å²) >= 11 is 1.55. The Morgan fingerprint density at radius 1 is 1.23 bits per heavy atom. The molecule has 0 bridgehead atoms. The topological polar surface area (TPSA) is 96.1 Å². The van der Waals surface area contributed by atoms with E-state index in [1.165, 1.54) is 12.1 Å². The number of nitrogens with zero attached hydrogens (tertiary/aromatic N) is 1. The number of nitrogen functional groups attached to an aromatic ring is 1. The third-order valence-corrected chi connectivity index (χ3v) is 5.36. The van der Waals surface area contributed by atoms with E-state index >= 15 is 0 Å². The van der Waals surface area contributed by atoms with Crippen LogP contribution in [-0.4, -0.2) is 23.5 Å². The van der Waals surface area contributed by atoms with Gasteiger partial charge in [0.05, 0.1) is 22.6 Å². The number of pyridine rings is 1. The van der Waals surface area contributed by atoms with Crippen LogP contribution in [0.4, 0.5) is 21.6 Å². The van der Waals surface area contributed by atoms with Gasteiger partial charge < -0.3 is 20.5 Å². The van der Waals surface area contributed by atoms with Crippen LogP contribution in [0.5, 0.6) is 5.75 Å². The van der Waals surface area contributed by atoms with Gasteiger partial charge in [-0.25, -0.2) is 9.37 Å². The lowest BCUT2D eigenvalue weighted by molar-refractivity contribution is 0.308. The molecule has 0 amide bonds. The maximum atomic E-state index is 13.2. The van der Waals surface area contributed by atoms with Crippen LogP contribution >= 0.6 is 11.9 Å². The summed E-state index contributed by atoms with van der Waals surface area (Å²) in [6.45, 7) is 4.24. The third-order valence-electron chi connectivity index (χ3n) is 4.70. The van der Waals surface area contributed by atoms with Gasteiger partial charge in [0.2, 0.25) is 0 Å². The Morgan fingerprint density at radius 3 is 2.65 bits per heavy atom. The van der Waals surface area contributed by atoms with E-state index in [4.69, 9.17) is 15.9 Å². The lowest BCUT2D eigenvalue weighted by Gasteiger charge is -2.17. The molecular formula is C23H26FN5OS. The molecular weight excluding hydrogens is 413 g/mol. The maximum absolute atomic E-state index is 13.2. The van der Waals surface area contributed by atoms with E-state index < -0.39 is 0 Å². The first-order valence-corrected chi connectivity index (χ1v) is 10.8. The van der Waals surface area contributed by atoms with Crippen molar-refractivity contribution in [3.05, 3.63) is 76.7 Å². The molecule has 0 aliphatic rings. The van der Waals surface area contributed by atoms with E-state index in [0.29, 0.717) is 16.9 Å². The molecule has 0 fully saturated rings. The Hall–Kier alpha value is -3.26. The zero-order chi connectivity index (χ0) is 22.4. The zero-order valence-corrected chi connectivity index (χ0v) is 18.6. The van der Waals surface area contributed by atoms with Crippen LogP contribution in [-0.2, 0) is 6.61 Å². The molecule has 0 unspecified atom stereocenters. The summed E-state index contributed by atoms with van der Waals surface area (Å²) in [5, 5.41) is 11.9. The lowest BCUT2D eigenvalue weighted by atomic mass is 9.99. The van der Waals surface area contributed by atoms with Gasteiger partial charge in [0.25, 0.3) is 0 Å². The Labute approximate surface area is 186 Å². The molecule has 0 aliphatic carbocycles. The van der Waals surface area contributed by atoms with Gasteiger partial charge in [0, 0.05) is 24.6 Å². The van der Waals surface area contributed by atoms with Gasteiger partial charge in [-0.3, -0.25) is 5.41 Å². The van der Waals surface area contributed by atoms with Crippen molar-refractivity contribution < 1.29 is 9.13 Å². The van der Waals surface area contributed by atoms with E-state index in [1.807, 2.05) is 32.0 Å². The van der Waals surface area contributed by atoms with Crippen molar-refractivity contribution in [1.29, 1.82) is 5.41 Å². The normalized spacial score (nSPS) is 10.6. The number of ether oxygens (including phenoxy) is 1. The number of hydrogen-bond donors (Lipinski definition) is 4. The molecule has 3 aromatic rings. The van der Waals surface area contributed by atoms with Crippen molar-refractivity contribution in [3.63, 3.8) is 0 Å². The highest BCUT2D eigenvalue weighted by Crippen LogP contribution is 2.32. The first kappa shape index (κ1) is 22.4. The van der Waals surface area contributed by atoms with E-state index in [0.717, 1.165) is 28.3 Å². The quantitative estimate of drug-likeness (QED) is 0.269. The highest BCUT2D eigenvalue weighted by Gasteiger charge is 2.18. The van der Waals surface area contributed by atoms with Crippen molar-refractivity contribution in [1.82, 2.24) is 4.98 Å². The highest BCUT2D eigenvalue weighted by atomic mass is 32.2. The Kier molecular flexibility index (Phi) is 7.36. The molecule has 1 aromatic heterocycles. The predicted octanol–water partition coefficient (Wildman–Crippen LogP) is 5.23. The molecule has 8 heteroatoms. The number of halogens is 1. The van der Waals surface area contributed by atoms with Crippen molar-refractivity contribution in [2.24, 2.45) is 0 Å².